The van der Waals surface area contributed by atoms with E-state index < -0.39 is 0 Å². The van der Waals surface area contributed by atoms with Gasteiger partial charge in [-0.15, -0.1) is 0 Å². The zero-order valence-electron chi connectivity index (χ0n) is 2.45. The van der Waals surface area contributed by atoms with Crippen LogP contribution in [0.5, 0.6) is 0 Å². The molecule has 0 aliphatic rings. The van der Waals surface area contributed by atoms with E-state index in [9.17, 15) is 0 Å². The van der Waals surface area contributed by atoms with E-state index in [-0.39, 0.29) is 140 Å². The topological polar surface area (TPSA) is 0 Å². The molecule has 0 radical (unpaired) electrons. The quantitative estimate of drug-likeness (QED) is 0.240. The van der Waals surface area contributed by atoms with Crippen molar-refractivity contribution >= 4 is 0 Å². The van der Waals surface area contributed by atoms with Gasteiger partial charge in [0.25, 0.3) is 0 Å². The van der Waals surface area contributed by atoms with Gasteiger partial charge in [-0.3, -0.25) is 0 Å². The minimum atomic E-state index is 0. The first-order chi connectivity index (χ1) is 0. The van der Waals surface area contributed by atoms with Crippen LogP contribution in [0.15, 0.2) is 0 Å². The van der Waals surface area contributed by atoms with Crippen LogP contribution in [0.25, 0.3) is 0 Å². The molecule has 0 saturated carbocycles. The predicted molar refractivity (Wildman–Crippen MR) is 0 cm³/mol. The summed E-state index contributed by atoms with van der Waals surface area (Å²) in [4.78, 5) is 0. The second-order valence-electron chi connectivity index (χ2n) is 0. The van der Waals surface area contributed by atoms with Crippen LogP contribution in [0.3, 0.4) is 0 Å². The van der Waals surface area contributed by atoms with Crippen LogP contribution >= 0.6 is 0 Å². The summed E-state index contributed by atoms with van der Waals surface area (Å²) in [5, 5.41) is 0. The Labute approximate surface area is 136 Å². The summed E-state index contributed by atoms with van der Waals surface area (Å²) in [5.41, 5.74) is 0. The molecule has 0 aromatic heterocycles. The molecule has 0 aromatic rings. The Hall–Kier alpha value is 4.32. The van der Waals surface area contributed by atoms with Crippen molar-refractivity contribution in [2.45, 2.75) is 0 Å². The van der Waals surface area contributed by atoms with E-state index in [1.165, 1.54) is 0 Å². The third-order valence-corrected chi connectivity index (χ3v) is 0. The first-order valence-electron chi connectivity index (χ1n) is 0. The van der Waals surface area contributed by atoms with Gasteiger partial charge < -0.3 is 71.9 Å². The molecule has 0 saturated heterocycles. The van der Waals surface area contributed by atoms with Gasteiger partial charge in [0, 0.05) is 0 Å². The van der Waals surface area contributed by atoms with Crippen molar-refractivity contribution in [2.75, 3.05) is 0 Å². The summed E-state index contributed by atoms with van der Waals surface area (Å²) < 4.78 is 0. The fraction of sp³-hybridized carbons (Fsp3) is 0. The monoisotopic (exact) mass is 478 g/mol. The molecule has 0 fully saturated rings. The van der Waals surface area contributed by atoms with Crippen molar-refractivity contribution in [3.05, 3.63) is 0 Å². The zero-order valence-corrected chi connectivity index (χ0v) is 13.0. The Bertz CT molecular complexity index is 6.85. The molecule has 0 bridgehead atoms. The molecule has 0 amide bonds. The van der Waals surface area contributed by atoms with E-state index in [0.717, 1.165) is 0 Å². The van der Waals surface area contributed by atoms with Gasteiger partial charge in [-0.05, 0) is 0 Å². The number of rotatable bonds is 0. The summed E-state index contributed by atoms with van der Waals surface area (Å²) in [6, 6.07) is 0. The van der Waals surface area contributed by atoms with E-state index >= 15 is 0 Å². The average molecular weight is 479 g/mol. The molecule has 0 aromatic carbocycles. The van der Waals surface area contributed by atoms with Gasteiger partial charge in [-0.2, -0.15) is 0 Å². The maximum atomic E-state index is 0. The molecule has 0 heterocycles. The maximum Gasteiger partial charge on any atom is 2.00 e. The number of hydrogen-bond donors (Lipinski definition) is 0. The molecule has 0 rings (SSSR count). The summed E-state index contributed by atoms with van der Waals surface area (Å²) in [7, 11) is 0. The average Bonchev–Trinajstić information content (AvgIpc) is 0. The minimum Gasteiger partial charge on any atom is -1.00 e. The minimum absolute atomic E-state index is 0. The third kappa shape index (κ3) is 17.8. The molecule has 5 heteroatoms. The second-order valence-corrected chi connectivity index (χ2v) is 0. The van der Waals surface area contributed by atoms with Gasteiger partial charge in [0.2, 0.25) is 0 Å². The van der Waals surface area contributed by atoms with Gasteiger partial charge in [0.05, 0.1) is 0 Å². The van der Waals surface area contributed by atoms with Gasteiger partial charge in [0.15, 0.2) is 0 Å². The molecule has 0 nitrogen and oxygen atoms in total. The Morgan fingerprint density at radius 3 is 0.600 bits per heavy atom. The molecule has 5 heavy (non-hydrogen) atoms. The fourth-order valence-corrected chi connectivity index (χ4v) is 0. The van der Waals surface area contributed by atoms with Crippen LogP contribution < -0.4 is 123 Å². The largest absolute Gasteiger partial charge is 2.00 e. The van der Waals surface area contributed by atoms with E-state index in [2.05, 4.69) is 0 Å². The molecule has 0 N–H and O–H groups in total. The molecule has 0 spiro atoms. The van der Waals surface area contributed by atoms with Crippen molar-refractivity contribution in [1.82, 2.24) is 0 Å². The molecule has 0 aliphatic carbocycles. The zero-order chi connectivity index (χ0) is 0. The van der Waals surface area contributed by atoms with E-state index in [4.69, 9.17) is 0 Å². The van der Waals surface area contributed by atoms with Crippen LogP contribution in [-0.2, 0) is 16.5 Å². The third-order valence-electron chi connectivity index (χ3n) is 0. The SMILES string of the molecule is [I-].[I-].[I-].[K+].[Ni+2]. The van der Waals surface area contributed by atoms with Crippen LogP contribution in [0.2, 0.25) is 0 Å². The summed E-state index contributed by atoms with van der Waals surface area (Å²) in [6.45, 7) is 0. The Balaban J connectivity index is 0. The predicted octanol–water partition coefficient (Wildman–Crippen LogP) is -12.0. The number of halogens is 3. The second kappa shape index (κ2) is 23.9. The van der Waals surface area contributed by atoms with Crippen molar-refractivity contribution < 1.29 is 140 Å². The van der Waals surface area contributed by atoms with Gasteiger partial charge in [0.1, 0.15) is 0 Å². The molecular weight excluding hydrogens is 479 g/mol. The van der Waals surface area contributed by atoms with E-state index in [0.29, 0.717) is 0 Å². The smallest absolute Gasteiger partial charge is 1.00 e. The van der Waals surface area contributed by atoms with Crippen molar-refractivity contribution in [3.63, 3.8) is 0 Å². The summed E-state index contributed by atoms with van der Waals surface area (Å²) in [6.07, 6.45) is 0. The van der Waals surface area contributed by atoms with Crippen molar-refractivity contribution in [1.29, 1.82) is 0 Å². The fourth-order valence-electron chi connectivity index (χ4n) is 0. The standard InChI is InChI=1S/3HI.K.Ni/h3*1H;;/q;;;+1;+2/p-3. The van der Waals surface area contributed by atoms with Crippen LogP contribution in [0, 0.1) is 0 Å². The van der Waals surface area contributed by atoms with Crippen molar-refractivity contribution in [3.8, 4) is 0 Å². The first kappa shape index (κ1) is 34.6. The molecule has 0 aliphatic heterocycles. The molecule has 32 valence electrons. The first-order valence-corrected chi connectivity index (χ1v) is 0. The molecule has 0 unspecified atom stereocenters. The summed E-state index contributed by atoms with van der Waals surface area (Å²) >= 11 is 0. The van der Waals surface area contributed by atoms with E-state index in [1.807, 2.05) is 0 Å². The van der Waals surface area contributed by atoms with Crippen LogP contribution in [0.1, 0.15) is 0 Å². The van der Waals surface area contributed by atoms with E-state index in [1.54, 1.807) is 0 Å². The number of hydrogen-bond acceptors (Lipinski definition) is 0. The van der Waals surface area contributed by atoms with Gasteiger partial charge in [-0.1, -0.05) is 0 Å². The van der Waals surface area contributed by atoms with Gasteiger partial charge in [-0.25, -0.2) is 0 Å². The van der Waals surface area contributed by atoms with Crippen LogP contribution in [-0.4, -0.2) is 0 Å². The molecular formula is I3KNi. The van der Waals surface area contributed by atoms with Gasteiger partial charge >= 0.3 is 67.9 Å². The van der Waals surface area contributed by atoms with Crippen molar-refractivity contribution in [2.24, 2.45) is 0 Å². The Morgan fingerprint density at radius 2 is 0.600 bits per heavy atom. The summed E-state index contributed by atoms with van der Waals surface area (Å²) in [5.74, 6) is 0. The Kier molecular flexibility index (Phi) is 165. The normalized spacial score (nSPS) is 0. The Morgan fingerprint density at radius 1 is 0.600 bits per heavy atom. The maximum absolute atomic E-state index is 0. The van der Waals surface area contributed by atoms with Crippen LogP contribution in [0.4, 0.5) is 0 Å². The molecule has 0 atom stereocenters.